The molecule has 0 unspecified atom stereocenters. The van der Waals surface area contributed by atoms with Crippen LogP contribution in [0.25, 0.3) is 0 Å². The van der Waals surface area contributed by atoms with E-state index in [1.807, 2.05) is 18.2 Å². The van der Waals surface area contributed by atoms with Crippen molar-refractivity contribution in [2.75, 3.05) is 11.9 Å². The number of carbonyl (C=O) groups excluding carboxylic acids is 4. The number of carbonyl (C=O) groups is 4. The van der Waals surface area contributed by atoms with Gasteiger partial charge in [-0.15, -0.1) is 0 Å². The van der Waals surface area contributed by atoms with Crippen molar-refractivity contribution in [3.05, 3.63) is 29.3 Å². The highest BCUT2D eigenvalue weighted by Gasteiger charge is 2.51. The van der Waals surface area contributed by atoms with Crippen LogP contribution in [0.4, 0.5) is 5.69 Å². The van der Waals surface area contributed by atoms with E-state index in [1.165, 1.54) is 18.1 Å². The monoisotopic (exact) mass is 398 g/mol. The molecule has 4 rings (SSSR count). The Balaban J connectivity index is 1.31. The molecule has 3 atom stereocenters. The SMILES string of the molecule is C[C@@H](C(=O)OCC(=O)Nc1ccc2c(c1)CCC2)N1C(=O)[C@H]2CCCC[C@H]2C1=O. The maximum atomic E-state index is 12.6. The number of hydrogen-bond acceptors (Lipinski definition) is 5. The number of nitrogens with zero attached hydrogens (tertiary/aromatic N) is 1. The molecule has 29 heavy (non-hydrogen) atoms. The lowest BCUT2D eigenvalue weighted by atomic mass is 9.81. The second kappa shape index (κ2) is 7.97. The first-order chi connectivity index (χ1) is 14.0. The number of esters is 1. The van der Waals surface area contributed by atoms with E-state index in [0.717, 1.165) is 37.0 Å². The lowest BCUT2D eigenvalue weighted by Gasteiger charge is -2.21. The minimum atomic E-state index is -1.02. The molecule has 0 aromatic heterocycles. The van der Waals surface area contributed by atoms with Gasteiger partial charge in [0.2, 0.25) is 11.8 Å². The lowest BCUT2D eigenvalue weighted by molar-refractivity contribution is -0.159. The summed E-state index contributed by atoms with van der Waals surface area (Å²) >= 11 is 0. The van der Waals surface area contributed by atoms with Crippen LogP contribution in [0.3, 0.4) is 0 Å². The van der Waals surface area contributed by atoms with Crippen LogP contribution >= 0.6 is 0 Å². The molecule has 0 radical (unpaired) electrons. The normalized spacial score (nSPS) is 24.1. The quantitative estimate of drug-likeness (QED) is 0.606. The molecule has 1 aromatic rings. The Kier molecular flexibility index (Phi) is 5.39. The molecule has 7 nitrogen and oxygen atoms in total. The number of amides is 3. The van der Waals surface area contributed by atoms with Crippen LogP contribution in [0.2, 0.25) is 0 Å². The van der Waals surface area contributed by atoms with Gasteiger partial charge in [0.15, 0.2) is 6.61 Å². The molecule has 1 aromatic carbocycles. The van der Waals surface area contributed by atoms with E-state index in [9.17, 15) is 19.2 Å². The molecule has 1 heterocycles. The van der Waals surface area contributed by atoms with Gasteiger partial charge in [-0.3, -0.25) is 19.3 Å². The van der Waals surface area contributed by atoms with Gasteiger partial charge in [0.1, 0.15) is 6.04 Å². The topological polar surface area (TPSA) is 92.8 Å². The van der Waals surface area contributed by atoms with Crippen molar-refractivity contribution >= 4 is 29.4 Å². The molecular weight excluding hydrogens is 372 g/mol. The molecular formula is C22H26N2O5. The highest BCUT2D eigenvalue weighted by Crippen LogP contribution is 2.38. The van der Waals surface area contributed by atoms with Gasteiger partial charge in [0.25, 0.3) is 5.91 Å². The maximum absolute atomic E-state index is 12.6. The molecule has 2 fully saturated rings. The molecule has 1 N–H and O–H groups in total. The maximum Gasteiger partial charge on any atom is 0.329 e. The van der Waals surface area contributed by atoms with Crippen molar-refractivity contribution < 1.29 is 23.9 Å². The summed E-state index contributed by atoms with van der Waals surface area (Å²) in [5, 5.41) is 2.73. The summed E-state index contributed by atoms with van der Waals surface area (Å²) in [5.74, 6) is -2.38. The Morgan fingerprint density at radius 2 is 1.72 bits per heavy atom. The summed E-state index contributed by atoms with van der Waals surface area (Å²) in [6, 6.07) is 4.79. The predicted molar refractivity (Wildman–Crippen MR) is 105 cm³/mol. The number of benzene rings is 1. The van der Waals surface area contributed by atoms with Crippen LogP contribution in [0.15, 0.2) is 18.2 Å². The smallest absolute Gasteiger partial charge is 0.329 e. The van der Waals surface area contributed by atoms with Gasteiger partial charge >= 0.3 is 5.97 Å². The van der Waals surface area contributed by atoms with E-state index in [4.69, 9.17) is 4.74 Å². The molecule has 0 spiro atoms. The number of nitrogens with one attached hydrogen (secondary N) is 1. The zero-order valence-electron chi connectivity index (χ0n) is 16.6. The fraction of sp³-hybridized carbons (Fsp3) is 0.545. The standard InChI is InChI=1S/C22H26N2O5/c1-13(24-20(26)17-7-2-3-8-18(17)21(24)27)22(28)29-12-19(25)23-16-10-9-14-5-4-6-15(14)11-16/h9-11,13,17-18H,2-8,12H2,1H3,(H,23,25)/t13-,17-,18+/m0/s1. The Labute approximate surface area is 169 Å². The van der Waals surface area contributed by atoms with Crippen LogP contribution in [0.1, 0.15) is 50.2 Å². The summed E-state index contributed by atoms with van der Waals surface area (Å²) in [6.45, 7) is 1.03. The molecule has 1 saturated heterocycles. The first kappa shape index (κ1) is 19.6. The molecule has 3 aliphatic rings. The largest absolute Gasteiger partial charge is 0.454 e. The minimum Gasteiger partial charge on any atom is -0.454 e. The summed E-state index contributed by atoms with van der Waals surface area (Å²) in [5.41, 5.74) is 3.22. The third kappa shape index (κ3) is 3.78. The number of likely N-dealkylation sites (tertiary alicyclic amines) is 1. The fourth-order valence-corrected chi connectivity index (χ4v) is 4.78. The highest BCUT2D eigenvalue weighted by molar-refractivity contribution is 6.08. The molecule has 3 amide bonds. The van der Waals surface area contributed by atoms with Crippen molar-refractivity contribution in [2.24, 2.45) is 11.8 Å². The number of rotatable bonds is 5. The highest BCUT2D eigenvalue weighted by atomic mass is 16.5. The average Bonchev–Trinajstić information content (AvgIpc) is 3.28. The zero-order valence-corrected chi connectivity index (χ0v) is 16.6. The first-order valence-electron chi connectivity index (χ1n) is 10.4. The van der Waals surface area contributed by atoms with Gasteiger partial charge in [-0.05, 0) is 62.3 Å². The van der Waals surface area contributed by atoms with Gasteiger partial charge in [0, 0.05) is 5.69 Å². The number of fused-ring (bicyclic) bond motifs is 2. The van der Waals surface area contributed by atoms with E-state index >= 15 is 0 Å². The van der Waals surface area contributed by atoms with Crippen LogP contribution in [-0.4, -0.2) is 41.2 Å². The van der Waals surface area contributed by atoms with E-state index < -0.39 is 24.5 Å². The number of anilines is 1. The molecule has 1 aliphatic heterocycles. The van der Waals surface area contributed by atoms with Gasteiger partial charge in [-0.2, -0.15) is 0 Å². The van der Waals surface area contributed by atoms with Crippen LogP contribution < -0.4 is 5.32 Å². The van der Waals surface area contributed by atoms with Gasteiger partial charge in [-0.25, -0.2) is 4.79 Å². The molecule has 154 valence electrons. The molecule has 0 bridgehead atoms. The summed E-state index contributed by atoms with van der Waals surface area (Å²) < 4.78 is 5.10. The molecule has 1 saturated carbocycles. The second-order valence-corrected chi connectivity index (χ2v) is 8.21. The van der Waals surface area contributed by atoms with Crippen molar-refractivity contribution in [3.8, 4) is 0 Å². The van der Waals surface area contributed by atoms with Gasteiger partial charge < -0.3 is 10.1 Å². The average molecular weight is 398 g/mol. The fourth-order valence-electron chi connectivity index (χ4n) is 4.78. The lowest BCUT2D eigenvalue weighted by Crippen LogP contribution is -2.45. The third-order valence-electron chi connectivity index (χ3n) is 6.33. The summed E-state index contributed by atoms with van der Waals surface area (Å²) in [4.78, 5) is 50.8. The number of ether oxygens (including phenoxy) is 1. The van der Waals surface area contributed by atoms with Gasteiger partial charge in [0.05, 0.1) is 11.8 Å². The molecule has 7 heteroatoms. The number of imide groups is 1. The van der Waals surface area contributed by atoms with E-state index in [1.54, 1.807) is 0 Å². The second-order valence-electron chi connectivity index (χ2n) is 8.21. The Bertz CT molecular complexity index is 841. The van der Waals surface area contributed by atoms with E-state index in [2.05, 4.69) is 5.32 Å². The van der Waals surface area contributed by atoms with E-state index in [-0.39, 0.29) is 23.7 Å². The van der Waals surface area contributed by atoms with Crippen molar-refractivity contribution in [1.29, 1.82) is 0 Å². The predicted octanol–water partition coefficient (Wildman–Crippen LogP) is 2.22. The van der Waals surface area contributed by atoms with Crippen LogP contribution in [0.5, 0.6) is 0 Å². The zero-order chi connectivity index (χ0) is 20.5. The summed E-state index contributed by atoms with van der Waals surface area (Å²) in [7, 11) is 0. The van der Waals surface area contributed by atoms with E-state index in [0.29, 0.717) is 18.5 Å². The Morgan fingerprint density at radius 1 is 1.07 bits per heavy atom. The van der Waals surface area contributed by atoms with Gasteiger partial charge in [-0.1, -0.05) is 18.9 Å². The molecule has 2 aliphatic carbocycles. The van der Waals surface area contributed by atoms with Crippen molar-refractivity contribution in [2.45, 2.75) is 57.9 Å². The van der Waals surface area contributed by atoms with Crippen LogP contribution in [0, 0.1) is 11.8 Å². The first-order valence-corrected chi connectivity index (χ1v) is 10.4. The van der Waals surface area contributed by atoms with Crippen molar-refractivity contribution in [1.82, 2.24) is 4.90 Å². The number of aryl methyl sites for hydroxylation is 2. The summed E-state index contributed by atoms with van der Waals surface area (Å²) in [6.07, 6.45) is 6.43. The number of hydrogen-bond donors (Lipinski definition) is 1. The van der Waals surface area contributed by atoms with Crippen molar-refractivity contribution in [3.63, 3.8) is 0 Å². The Morgan fingerprint density at radius 3 is 2.41 bits per heavy atom. The third-order valence-corrected chi connectivity index (χ3v) is 6.33. The minimum absolute atomic E-state index is 0.285. The van der Waals surface area contributed by atoms with Crippen LogP contribution in [-0.2, 0) is 36.8 Å². The Hall–Kier alpha value is -2.70.